The summed E-state index contributed by atoms with van der Waals surface area (Å²) in [5.41, 5.74) is 0. The van der Waals surface area contributed by atoms with Gasteiger partial charge in [0.25, 0.3) is 0 Å². The van der Waals surface area contributed by atoms with Crippen molar-refractivity contribution in [3.8, 4) is 6.07 Å². The largest absolute Gasteiger partial charge is 0.385 e. The van der Waals surface area contributed by atoms with E-state index in [0.717, 1.165) is 0 Å². The Balaban J connectivity index is 6.48. The van der Waals surface area contributed by atoms with E-state index in [9.17, 15) is 48.3 Å². The first-order chi connectivity index (χ1) is 10.1. The molecule has 0 aromatic carbocycles. The van der Waals surface area contributed by atoms with Gasteiger partial charge >= 0.3 is 38.5 Å². The highest BCUT2D eigenvalue weighted by atomic mass is 35.5. The van der Waals surface area contributed by atoms with Crippen LogP contribution in [0.2, 0.25) is 0 Å². The maximum Gasteiger partial charge on any atom is 0.385 e. The molecule has 142 valence electrons. The third-order valence-electron chi connectivity index (χ3n) is 2.47. The smallest absolute Gasteiger partial charge is 0.212 e. The monoisotopic (exact) mass is 459 g/mol. The lowest BCUT2D eigenvalue weighted by Gasteiger charge is -2.43. The van der Waals surface area contributed by atoms with Gasteiger partial charge in [0, 0.05) is 0 Å². The van der Waals surface area contributed by atoms with Gasteiger partial charge in [0.05, 0.1) is 0 Å². The fourth-order valence-corrected chi connectivity index (χ4v) is 1.82. The van der Waals surface area contributed by atoms with Crippen LogP contribution in [0.25, 0.3) is 0 Å². The lowest BCUT2D eigenvalue weighted by atomic mass is 9.95. The Kier molecular flexibility index (Phi) is 5.93. The van der Waals surface area contributed by atoms with Crippen LogP contribution >= 0.6 is 46.4 Å². The molecule has 0 radical (unpaired) electrons. The molecular weight excluding hydrogens is 461 g/mol. The van der Waals surface area contributed by atoms with Gasteiger partial charge in [0.1, 0.15) is 6.07 Å². The summed E-state index contributed by atoms with van der Waals surface area (Å²) >= 11 is 15.5. The summed E-state index contributed by atoms with van der Waals surface area (Å²) in [6.45, 7) is 0. The molecule has 0 bridgehead atoms. The second-order valence-electron chi connectivity index (χ2n) is 4.06. The van der Waals surface area contributed by atoms with Gasteiger partial charge in [-0.3, -0.25) is 0 Å². The first kappa shape index (κ1) is 23.9. The number of nitriles is 1. The molecule has 16 heteroatoms. The Morgan fingerprint density at radius 2 is 0.833 bits per heavy atom. The van der Waals surface area contributed by atoms with Gasteiger partial charge in [0.15, 0.2) is 0 Å². The van der Waals surface area contributed by atoms with Crippen molar-refractivity contribution in [1.82, 2.24) is 0 Å². The fourth-order valence-electron chi connectivity index (χ4n) is 1.04. The Hall–Kier alpha value is -0.120. The summed E-state index contributed by atoms with van der Waals surface area (Å²) in [4.78, 5) is 0. The Bertz CT molecular complexity index is 533. The second-order valence-corrected chi connectivity index (χ2v) is 6.09. The summed E-state index contributed by atoms with van der Waals surface area (Å²) < 4.78 is 144. The minimum Gasteiger partial charge on any atom is -0.212 e. The fraction of sp³-hybridized carbons (Fsp3) is 0.875. The van der Waals surface area contributed by atoms with E-state index in [1.807, 2.05) is 0 Å². The number of hydrogen-bond acceptors (Lipinski definition) is 1. The predicted octanol–water partition coefficient (Wildman–Crippen LogP) is 5.96. The zero-order valence-electron chi connectivity index (χ0n) is 10.1. The van der Waals surface area contributed by atoms with Crippen LogP contribution in [-0.4, -0.2) is 38.5 Å². The SMILES string of the molecule is N#CC(F)(F)C(F)(Cl)C(F)(F)C(F)(Cl)C(F)(F)C(F)(Cl)C(F)(F)Cl. The third-order valence-corrected chi connectivity index (χ3v) is 4.25. The molecule has 0 rings (SSSR count). The molecule has 3 atom stereocenters. The molecule has 0 aliphatic rings. The van der Waals surface area contributed by atoms with Crippen molar-refractivity contribution in [2.75, 3.05) is 0 Å². The van der Waals surface area contributed by atoms with Gasteiger partial charge in [-0.15, -0.1) is 0 Å². The number of hydrogen-bond donors (Lipinski definition) is 0. The van der Waals surface area contributed by atoms with Crippen LogP contribution in [0.5, 0.6) is 0 Å². The van der Waals surface area contributed by atoms with E-state index in [1.54, 1.807) is 0 Å². The van der Waals surface area contributed by atoms with Crippen LogP contribution in [0, 0.1) is 11.3 Å². The van der Waals surface area contributed by atoms with Gasteiger partial charge in [0.2, 0.25) is 0 Å². The molecule has 0 saturated heterocycles. The lowest BCUT2D eigenvalue weighted by Crippen LogP contribution is -2.71. The predicted molar refractivity (Wildman–Crippen MR) is 60.3 cm³/mol. The van der Waals surface area contributed by atoms with E-state index in [-0.39, 0.29) is 0 Å². The van der Waals surface area contributed by atoms with Crippen LogP contribution in [0.4, 0.5) is 48.3 Å². The molecule has 0 fully saturated rings. The average molecular weight is 461 g/mol. The topological polar surface area (TPSA) is 23.8 Å². The molecule has 0 heterocycles. The van der Waals surface area contributed by atoms with Crippen molar-refractivity contribution in [2.24, 2.45) is 0 Å². The van der Waals surface area contributed by atoms with E-state index in [2.05, 4.69) is 46.4 Å². The van der Waals surface area contributed by atoms with Gasteiger partial charge < -0.3 is 0 Å². The highest BCUT2D eigenvalue weighted by Crippen LogP contribution is 2.64. The van der Waals surface area contributed by atoms with E-state index in [1.165, 1.54) is 0 Å². The normalized spacial score (nSPS) is 22.1. The van der Waals surface area contributed by atoms with Crippen LogP contribution in [0.1, 0.15) is 0 Å². The van der Waals surface area contributed by atoms with Gasteiger partial charge in [-0.2, -0.15) is 40.4 Å². The molecule has 0 aliphatic carbocycles. The van der Waals surface area contributed by atoms with Crippen LogP contribution in [0.15, 0.2) is 0 Å². The van der Waals surface area contributed by atoms with E-state index < -0.39 is 44.6 Å². The molecule has 0 N–H and O–H groups in total. The molecule has 0 aliphatic heterocycles. The minimum absolute atomic E-state index is 0.511. The average Bonchev–Trinajstić information content (AvgIpc) is 2.36. The molecule has 0 aromatic rings. The van der Waals surface area contributed by atoms with Crippen molar-refractivity contribution in [2.45, 2.75) is 38.5 Å². The van der Waals surface area contributed by atoms with Crippen molar-refractivity contribution >= 4 is 46.4 Å². The van der Waals surface area contributed by atoms with Crippen molar-refractivity contribution in [3.63, 3.8) is 0 Å². The zero-order chi connectivity index (χ0) is 20.2. The summed E-state index contributed by atoms with van der Waals surface area (Å²) in [5.74, 6) is -20.2. The maximum atomic E-state index is 13.6. The first-order valence-corrected chi connectivity index (χ1v) is 6.32. The zero-order valence-corrected chi connectivity index (χ0v) is 13.1. The standard InChI is InChI=1S/C8Cl4F11N/c9-3(15,2(13,14)1-24)6(18,19)4(10,16)7(20,21)5(11,17)8(12,22)23. The van der Waals surface area contributed by atoms with Crippen molar-refractivity contribution in [3.05, 3.63) is 0 Å². The van der Waals surface area contributed by atoms with E-state index >= 15 is 0 Å². The first-order valence-electron chi connectivity index (χ1n) is 4.81. The second kappa shape index (κ2) is 5.96. The lowest BCUT2D eigenvalue weighted by molar-refractivity contribution is -0.300. The Morgan fingerprint density at radius 3 is 1.08 bits per heavy atom. The number of nitrogens with zero attached hydrogens (tertiary/aromatic N) is 1. The highest BCUT2D eigenvalue weighted by molar-refractivity contribution is 6.34. The molecule has 1 nitrogen and oxygen atoms in total. The number of halogens is 15. The molecule has 0 saturated carbocycles. The minimum atomic E-state index is -7.06. The number of rotatable bonds is 6. The van der Waals surface area contributed by atoms with Crippen LogP contribution < -0.4 is 0 Å². The maximum absolute atomic E-state index is 13.6. The highest BCUT2D eigenvalue weighted by Gasteiger charge is 2.89. The van der Waals surface area contributed by atoms with Crippen LogP contribution in [0.3, 0.4) is 0 Å². The van der Waals surface area contributed by atoms with Gasteiger partial charge in [-0.1, -0.05) is 34.8 Å². The Labute approximate surface area is 145 Å². The molecule has 3 unspecified atom stereocenters. The van der Waals surface area contributed by atoms with Crippen molar-refractivity contribution < 1.29 is 48.3 Å². The molecule has 0 spiro atoms. The van der Waals surface area contributed by atoms with Gasteiger partial charge in [-0.25, -0.2) is 13.2 Å². The Morgan fingerprint density at radius 1 is 0.542 bits per heavy atom. The van der Waals surface area contributed by atoms with Gasteiger partial charge in [-0.05, 0) is 11.6 Å². The summed E-state index contributed by atoms with van der Waals surface area (Å²) in [6.07, 6.45) is 0. The molecule has 24 heavy (non-hydrogen) atoms. The van der Waals surface area contributed by atoms with Crippen LogP contribution in [-0.2, 0) is 0 Å². The molecular formula is C8Cl4F11N. The summed E-state index contributed by atoms with van der Waals surface area (Å²) in [7, 11) is 0. The van der Waals surface area contributed by atoms with E-state index in [0.29, 0.717) is 0 Å². The third kappa shape index (κ3) is 2.95. The number of alkyl halides is 15. The van der Waals surface area contributed by atoms with Crippen molar-refractivity contribution in [1.29, 1.82) is 5.26 Å². The summed E-state index contributed by atoms with van der Waals surface area (Å²) in [6, 6.07) is -0.511. The van der Waals surface area contributed by atoms with E-state index in [4.69, 9.17) is 5.26 Å². The molecule has 0 aromatic heterocycles. The summed E-state index contributed by atoms with van der Waals surface area (Å²) in [5, 5.41) is -17.5. The molecule has 0 amide bonds. The quantitative estimate of drug-likeness (QED) is 0.354.